The largest absolute Gasteiger partial charge is 0.375 e. The second kappa shape index (κ2) is 9.69. The molecule has 1 aromatic carbocycles. The first-order valence-corrected chi connectivity index (χ1v) is 11.0. The highest BCUT2D eigenvalue weighted by atomic mass is 32.1. The molecule has 0 saturated heterocycles. The van der Waals surface area contributed by atoms with Crippen LogP contribution in [0.4, 0.5) is 0 Å². The fourth-order valence-corrected chi connectivity index (χ4v) is 4.41. The van der Waals surface area contributed by atoms with Crippen molar-refractivity contribution < 1.29 is 9.53 Å². The minimum Gasteiger partial charge on any atom is -0.375 e. The number of nitrogens with two attached hydrogens (primary N) is 1. The molecule has 1 aliphatic heterocycles. The Kier molecular flexibility index (Phi) is 7.27. The topological polar surface area (TPSA) is 92.2 Å². The number of para-hydroxylation sites is 1. The number of nitrogens with one attached hydrogen (secondary N) is 3. The lowest BCUT2D eigenvalue weighted by atomic mass is 9.84. The molecule has 7 heteroatoms. The number of hydrogen-bond donors (Lipinski definition) is 4. The molecule has 1 atom stereocenters. The Bertz CT molecular complexity index is 879. The van der Waals surface area contributed by atoms with Crippen LogP contribution in [0.1, 0.15) is 62.8 Å². The second-order valence-corrected chi connectivity index (χ2v) is 8.15. The SMILES string of the molecule is CCc1cccc2c3c([nH]c12)C(CC)(CC(=O)CCCCNNC(N)=S)OCC3. The van der Waals surface area contributed by atoms with Crippen molar-refractivity contribution in [2.75, 3.05) is 13.2 Å². The molecule has 1 aliphatic rings. The molecule has 0 radical (unpaired) electrons. The van der Waals surface area contributed by atoms with Gasteiger partial charge in [0.1, 0.15) is 11.4 Å². The molecule has 29 heavy (non-hydrogen) atoms. The first-order valence-electron chi connectivity index (χ1n) is 10.6. The number of carbonyl (C=O) groups is 1. The highest BCUT2D eigenvalue weighted by Crippen LogP contribution is 2.42. The van der Waals surface area contributed by atoms with E-state index in [4.69, 9.17) is 22.7 Å². The zero-order chi connectivity index (χ0) is 20.9. The Morgan fingerprint density at radius 2 is 2.17 bits per heavy atom. The Labute approximate surface area is 177 Å². The van der Waals surface area contributed by atoms with Gasteiger partial charge in [-0.2, -0.15) is 0 Å². The van der Waals surface area contributed by atoms with Crippen LogP contribution < -0.4 is 16.6 Å². The summed E-state index contributed by atoms with van der Waals surface area (Å²) in [7, 11) is 0. The molecule has 0 saturated carbocycles. The molecule has 1 unspecified atom stereocenters. The number of H-pyrrole nitrogens is 1. The summed E-state index contributed by atoms with van der Waals surface area (Å²) < 4.78 is 6.28. The van der Waals surface area contributed by atoms with E-state index in [1.807, 2.05) is 0 Å². The van der Waals surface area contributed by atoms with E-state index < -0.39 is 5.60 Å². The zero-order valence-corrected chi connectivity index (χ0v) is 18.2. The van der Waals surface area contributed by atoms with Gasteiger partial charge in [-0.1, -0.05) is 32.0 Å². The average molecular weight is 417 g/mol. The molecular formula is C22H32N4O2S. The Hall–Kier alpha value is -1.96. The standard InChI is InChI=1S/C22H32N4O2S/c1-3-15-8-7-10-17-18-11-13-28-22(4-2,20(18)25-19(15)17)14-16(27)9-5-6-12-24-26-21(23)29/h7-8,10,24-25H,3-6,9,11-14H2,1-2H3,(H3,23,26,29). The predicted molar refractivity (Wildman–Crippen MR) is 121 cm³/mol. The van der Waals surface area contributed by atoms with Gasteiger partial charge < -0.3 is 15.5 Å². The summed E-state index contributed by atoms with van der Waals surface area (Å²) >= 11 is 4.74. The number of aromatic amines is 1. The number of aromatic nitrogens is 1. The van der Waals surface area contributed by atoms with Gasteiger partial charge in [0, 0.05) is 30.3 Å². The van der Waals surface area contributed by atoms with E-state index in [2.05, 4.69) is 47.9 Å². The van der Waals surface area contributed by atoms with E-state index in [1.165, 1.54) is 22.0 Å². The number of fused-ring (bicyclic) bond motifs is 3. The van der Waals surface area contributed by atoms with Crippen LogP contribution in [-0.4, -0.2) is 29.0 Å². The lowest BCUT2D eigenvalue weighted by Crippen LogP contribution is -2.41. The normalized spacial score (nSPS) is 18.6. The van der Waals surface area contributed by atoms with Gasteiger partial charge in [-0.3, -0.25) is 10.2 Å². The zero-order valence-electron chi connectivity index (χ0n) is 17.4. The van der Waals surface area contributed by atoms with Gasteiger partial charge in [-0.15, -0.1) is 0 Å². The Morgan fingerprint density at radius 1 is 1.34 bits per heavy atom. The summed E-state index contributed by atoms with van der Waals surface area (Å²) in [5.41, 5.74) is 15.4. The second-order valence-electron chi connectivity index (χ2n) is 7.71. The maximum Gasteiger partial charge on any atom is 0.178 e. The van der Waals surface area contributed by atoms with E-state index in [0.29, 0.717) is 26.0 Å². The lowest BCUT2D eigenvalue weighted by molar-refractivity contribution is -0.131. The molecular weight excluding hydrogens is 384 g/mol. The fourth-order valence-electron chi connectivity index (χ4n) is 4.33. The molecule has 0 aliphatic carbocycles. The van der Waals surface area contributed by atoms with E-state index in [1.54, 1.807) is 0 Å². The van der Waals surface area contributed by atoms with E-state index in [0.717, 1.165) is 37.8 Å². The Morgan fingerprint density at radius 3 is 2.90 bits per heavy atom. The number of ether oxygens (including phenoxy) is 1. The molecule has 5 N–H and O–H groups in total. The average Bonchev–Trinajstić information content (AvgIpc) is 3.10. The summed E-state index contributed by atoms with van der Waals surface area (Å²) in [6, 6.07) is 6.49. The van der Waals surface area contributed by atoms with Gasteiger partial charge >= 0.3 is 0 Å². The molecule has 0 spiro atoms. The number of hydrazine groups is 1. The molecule has 1 aromatic heterocycles. The summed E-state index contributed by atoms with van der Waals surface area (Å²) in [5, 5.41) is 1.50. The van der Waals surface area contributed by atoms with Gasteiger partial charge in [0.25, 0.3) is 0 Å². The van der Waals surface area contributed by atoms with E-state index in [-0.39, 0.29) is 10.9 Å². The fraction of sp³-hybridized carbons (Fsp3) is 0.545. The summed E-state index contributed by atoms with van der Waals surface area (Å²) in [5.74, 6) is 0.247. The number of ketones is 1. The van der Waals surface area contributed by atoms with Crippen LogP contribution in [0.3, 0.4) is 0 Å². The van der Waals surface area contributed by atoms with Crippen LogP contribution in [0, 0.1) is 0 Å². The summed E-state index contributed by atoms with van der Waals surface area (Å²) in [6.45, 7) is 5.66. The number of Topliss-reactive ketones (excluding diaryl/α,β-unsaturated/α-hetero) is 1. The van der Waals surface area contributed by atoms with Crippen LogP contribution in [0.2, 0.25) is 0 Å². The Balaban J connectivity index is 1.70. The molecule has 2 heterocycles. The van der Waals surface area contributed by atoms with Gasteiger partial charge in [0.05, 0.1) is 12.3 Å². The lowest BCUT2D eigenvalue weighted by Gasteiger charge is -2.36. The van der Waals surface area contributed by atoms with Crippen molar-refractivity contribution in [1.29, 1.82) is 0 Å². The van der Waals surface area contributed by atoms with Crippen molar-refractivity contribution in [3.63, 3.8) is 0 Å². The van der Waals surface area contributed by atoms with Crippen molar-refractivity contribution in [1.82, 2.24) is 15.8 Å². The van der Waals surface area contributed by atoms with Crippen molar-refractivity contribution in [2.45, 2.75) is 64.4 Å². The highest BCUT2D eigenvalue weighted by Gasteiger charge is 2.40. The van der Waals surface area contributed by atoms with Crippen LogP contribution >= 0.6 is 12.2 Å². The van der Waals surface area contributed by atoms with Gasteiger partial charge in [-0.25, -0.2) is 5.43 Å². The number of aryl methyl sites for hydroxylation is 1. The first kappa shape index (κ1) is 21.7. The van der Waals surface area contributed by atoms with Crippen molar-refractivity contribution >= 4 is 34.0 Å². The van der Waals surface area contributed by atoms with Crippen molar-refractivity contribution in [3.8, 4) is 0 Å². The molecule has 0 amide bonds. The monoisotopic (exact) mass is 416 g/mol. The third kappa shape index (κ3) is 4.79. The van der Waals surface area contributed by atoms with E-state index >= 15 is 0 Å². The van der Waals surface area contributed by atoms with Gasteiger partial charge in [-0.05, 0) is 55.4 Å². The number of benzene rings is 1. The number of thiocarbonyl (C=S) groups is 1. The maximum absolute atomic E-state index is 12.8. The van der Waals surface area contributed by atoms with Crippen LogP contribution in [0.5, 0.6) is 0 Å². The quantitative estimate of drug-likeness (QED) is 0.270. The third-order valence-corrected chi connectivity index (χ3v) is 5.97. The maximum atomic E-state index is 12.8. The van der Waals surface area contributed by atoms with Crippen LogP contribution in [0.15, 0.2) is 18.2 Å². The number of unbranched alkanes of at least 4 members (excludes halogenated alkanes) is 1. The molecule has 0 bridgehead atoms. The molecule has 2 aromatic rings. The molecule has 0 fully saturated rings. The number of rotatable bonds is 10. The first-order chi connectivity index (χ1) is 14.0. The number of hydrogen-bond acceptors (Lipinski definition) is 4. The minimum atomic E-state index is -0.541. The van der Waals surface area contributed by atoms with Crippen LogP contribution in [0.25, 0.3) is 10.9 Å². The molecule has 3 rings (SSSR count). The van der Waals surface area contributed by atoms with Gasteiger partial charge in [0.2, 0.25) is 0 Å². The molecule has 6 nitrogen and oxygen atoms in total. The minimum absolute atomic E-state index is 0.223. The summed E-state index contributed by atoms with van der Waals surface area (Å²) in [6.07, 6.45) is 5.31. The van der Waals surface area contributed by atoms with Gasteiger partial charge in [0.15, 0.2) is 5.11 Å². The van der Waals surface area contributed by atoms with Crippen molar-refractivity contribution in [2.24, 2.45) is 5.73 Å². The third-order valence-electron chi connectivity index (χ3n) is 5.87. The molecule has 158 valence electrons. The van der Waals surface area contributed by atoms with Crippen molar-refractivity contribution in [3.05, 3.63) is 35.0 Å². The number of carbonyl (C=O) groups excluding carboxylic acids is 1. The van der Waals surface area contributed by atoms with Crippen LogP contribution in [-0.2, 0) is 28.0 Å². The van der Waals surface area contributed by atoms with E-state index in [9.17, 15) is 4.79 Å². The highest BCUT2D eigenvalue weighted by molar-refractivity contribution is 7.80. The summed E-state index contributed by atoms with van der Waals surface area (Å²) in [4.78, 5) is 16.5. The smallest absolute Gasteiger partial charge is 0.178 e. The predicted octanol–water partition coefficient (Wildman–Crippen LogP) is 3.38.